The van der Waals surface area contributed by atoms with Crippen LogP contribution in [0.4, 0.5) is 0 Å². The molecule has 6 heteroatoms. The second kappa shape index (κ2) is 4.65. The van der Waals surface area contributed by atoms with Crippen LogP contribution in [0.1, 0.15) is 73.7 Å². The lowest BCUT2D eigenvalue weighted by atomic mass is 10.1. The summed E-state index contributed by atoms with van der Waals surface area (Å²) in [5, 5.41) is 4.14. The lowest BCUT2D eigenvalue weighted by Gasteiger charge is -2.30. The van der Waals surface area contributed by atoms with Gasteiger partial charge in [0, 0.05) is 37.2 Å². The Hall–Kier alpha value is -1.69. The zero-order chi connectivity index (χ0) is 14.7. The molecule has 0 spiro atoms. The van der Waals surface area contributed by atoms with Crippen molar-refractivity contribution in [3.05, 3.63) is 29.4 Å². The molecule has 2 aromatic rings. The van der Waals surface area contributed by atoms with Crippen molar-refractivity contribution >= 4 is 0 Å². The molecule has 0 saturated heterocycles. The number of nitrogens with zero attached hydrogens (tertiary/aromatic N) is 5. The molecule has 2 fully saturated rings. The number of rotatable bonds is 4. The molecule has 5 rings (SSSR count). The van der Waals surface area contributed by atoms with E-state index in [4.69, 9.17) is 4.52 Å². The van der Waals surface area contributed by atoms with Crippen molar-refractivity contribution < 1.29 is 4.52 Å². The first kappa shape index (κ1) is 12.8. The Balaban J connectivity index is 1.34. The van der Waals surface area contributed by atoms with Gasteiger partial charge in [-0.15, -0.1) is 0 Å². The van der Waals surface area contributed by atoms with E-state index in [0.29, 0.717) is 5.92 Å². The van der Waals surface area contributed by atoms with Gasteiger partial charge >= 0.3 is 0 Å². The molecule has 2 aliphatic carbocycles. The third-order valence-corrected chi connectivity index (χ3v) is 5.22. The molecule has 0 radical (unpaired) electrons. The van der Waals surface area contributed by atoms with Crippen LogP contribution in [-0.4, -0.2) is 31.1 Å². The van der Waals surface area contributed by atoms with Crippen LogP contribution in [0.3, 0.4) is 0 Å². The Morgan fingerprint density at radius 3 is 2.91 bits per heavy atom. The van der Waals surface area contributed by atoms with E-state index in [0.717, 1.165) is 37.3 Å². The Morgan fingerprint density at radius 2 is 2.14 bits per heavy atom. The fourth-order valence-electron chi connectivity index (χ4n) is 3.43. The van der Waals surface area contributed by atoms with E-state index < -0.39 is 0 Å². The predicted molar refractivity (Wildman–Crippen MR) is 79.3 cm³/mol. The van der Waals surface area contributed by atoms with E-state index in [1.54, 1.807) is 0 Å². The second-order valence-corrected chi connectivity index (χ2v) is 6.94. The molecular weight excluding hydrogens is 278 g/mol. The zero-order valence-electron chi connectivity index (χ0n) is 12.9. The van der Waals surface area contributed by atoms with E-state index in [-0.39, 0.29) is 6.04 Å². The summed E-state index contributed by atoms with van der Waals surface area (Å²) in [6.45, 7) is 4.08. The standard InChI is InChI=1S/C16H21N5O/c1-10(16-18-15(19-22-16)11-2-3-11)20-7-6-14-13(8-20)17-9-21(14)12-4-5-12/h9-12H,2-8H2,1H3. The maximum absolute atomic E-state index is 5.49. The summed E-state index contributed by atoms with van der Waals surface area (Å²) in [6, 6.07) is 0.886. The topological polar surface area (TPSA) is 60.0 Å². The minimum atomic E-state index is 0.166. The Morgan fingerprint density at radius 1 is 1.27 bits per heavy atom. The van der Waals surface area contributed by atoms with Gasteiger partial charge in [0.2, 0.25) is 5.89 Å². The van der Waals surface area contributed by atoms with E-state index in [9.17, 15) is 0 Å². The summed E-state index contributed by atoms with van der Waals surface area (Å²) in [4.78, 5) is 11.6. The average molecular weight is 299 g/mol. The van der Waals surface area contributed by atoms with E-state index in [1.807, 2.05) is 6.33 Å². The summed E-state index contributed by atoms with van der Waals surface area (Å²) in [5.74, 6) is 2.21. The molecule has 0 bridgehead atoms. The highest BCUT2D eigenvalue weighted by atomic mass is 16.5. The number of hydrogen-bond acceptors (Lipinski definition) is 5. The second-order valence-electron chi connectivity index (χ2n) is 6.94. The van der Waals surface area contributed by atoms with Crippen LogP contribution in [0.25, 0.3) is 0 Å². The van der Waals surface area contributed by atoms with Crippen LogP contribution >= 0.6 is 0 Å². The van der Waals surface area contributed by atoms with Gasteiger partial charge in [0.15, 0.2) is 5.82 Å². The van der Waals surface area contributed by atoms with Crippen LogP contribution in [0.2, 0.25) is 0 Å². The molecular formula is C16H21N5O. The van der Waals surface area contributed by atoms with Gasteiger partial charge in [0.05, 0.1) is 18.1 Å². The number of hydrogen-bond donors (Lipinski definition) is 0. The summed E-state index contributed by atoms with van der Waals surface area (Å²) in [6.07, 6.45) is 8.15. The SMILES string of the molecule is CC(c1nc(C2CC2)no1)N1CCc2c(ncn2C2CC2)C1. The summed E-state index contributed by atoms with van der Waals surface area (Å²) in [7, 11) is 0. The first-order valence-electron chi connectivity index (χ1n) is 8.41. The fraction of sp³-hybridized carbons (Fsp3) is 0.688. The van der Waals surface area contributed by atoms with E-state index in [2.05, 4.69) is 31.5 Å². The molecule has 1 unspecified atom stereocenters. The van der Waals surface area contributed by atoms with Crippen molar-refractivity contribution in [3.63, 3.8) is 0 Å². The minimum absolute atomic E-state index is 0.166. The van der Waals surface area contributed by atoms with Crippen molar-refractivity contribution in [2.45, 2.75) is 63.6 Å². The Kier molecular flexibility index (Phi) is 2.71. The lowest BCUT2D eigenvalue weighted by Crippen LogP contribution is -2.33. The van der Waals surface area contributed by atoms with Crippen LogP contribution in [-0.2, 0) is 13.0 Å². The molecule has 0 amide bonds. The summed E-state index contributed by atoms with van der Waals surface area (Å²) < 4.78 is 7.89. The molecule has 3 heterocycles. The molecule has 0 aromatic carbocycles. The highest BCUT2D eigenvalue weighted by Crippen LogP contribution is 2.40. The van der Waals surface area contributed by atoms with Crippen LogP contribution in [0.15, 0.2) is 10.9 Å². The van der Waals surface area contributed by atoms with Gasteiger partial charge in [-0.1, -0.05) is 5.16 Å². The molecule has 3 aliphatic rings. The summed E-state index contributed by atoms with van der Waals surface area (Å²) in [5.41, 5.74) is 2.67. The molecule has 2 aromatic heterocycles. The van der Waals surface area contributed by atoms with Gasteiger partial charge in [-0.25, -0.2) is 4.98 Å². The molecule has 6 nitrogen and oxygen atoms in total. The molecule has 1 atom stereocenters. The molecule has 116 valence electrons. The van der Waals surface area contributed by atoms with Gasteiger partial charge in [-0.05, 0) is 32.6 Å². The average Bonchev–Trinajstić information content (AvgIpc) is 3.48. The maximum Gasteiger partial charge on any atom is 0.243 e. The van der Waals surface area contributed by atoms with Crippen molar-refractivity contribution in [1.29, 1.82) is 0 Å². The van der Waals surface area contributed by atoms with Crippen LogP contribution < -0.4 is 0 Å². The number of aromatic nitrogens is 4. The summed E-state index contributed by atoms with van der Waals surface area (Å²) >= 11 is 0. The van der Waals surface area contributed by atoms with E-state index >= 15 is 0 Å². The lowest BCUT2D eigenvalue weighted by molar-refractivity contribution is 0.154. The third kappa shape index (κ3) is 2.08. The van der Waals surface area contributed by atoms with Gasteiger partial charge in [-0.3, -0.25) is 4.90 Å². The van der Waals surface area contributed by atoms with Crippen molar-refractivity contribution in [2.75, 3.05) is 6.54 Å². The van der Waals surface area contributed by atoms with Gasteiger partial charge < -0.3 is 9.09 Å². The number of fused-ring (bicyclic) bond motifs is 1. The fourth-order valence-corrected chi connectivity index (χ4v) is 3.43. The monoisotopic (exact) mass is 299 g/mol. The smallest absolute Gasteiger partial charge is 0.243 e. The zero-order valence-corrected chi connectivity index (χ0v) is 12.9. The first-order valence-corrected chi connectivity index (χ1v) is 8.41. The molecule has 0 N–H and O–H groups in total. The Bertz CT molecular complexity index is 697. The van der Waals surface area contributed by atoms with Gasteiger partial charge in [0.25, 0.3) is 0 Å². The quantitative estimate of drug-likeness (QED) is 0.868. The van der Waals surface area contributed by atoms with Crippen molar-refractivity contribution in [3.8, 4) is 0 Å². The largest absolute Gasteiger partial charge is 0.338 e. The highest BCUT2D eigenvalue weighted by molar-refractivity contribution is 5.19. The van der Waals surface area contributed by atoms with Gasteiger partial charge in [-0.2, -0.15) is 4.98 Å². The van der Waals surface area contributed by atoms with E-state index in [1.165, 1.54) is 37.1 Å². The molecule has 2 saturated carbocycles. The van der Waals surface area contributed by atoms with Crippen LogP contribution in [0.5, 0.6) is 0 Å². The predicted octanol–water partition coefficient (Wildman–Crippen LogP) is 2.60. The van der Waals surface area contributed by atoms with Crippen LogP contribution in [0, 0.1) is 0 Å². The minimum Gasteiger partial charge on any atom is -0.338 e. The first-order chi connectivity index (χ1) is 10.8. The highest BCUT2D eigenvalue weighted by Gasteiger charge is 2.33. The third-order valence-electron chi connectivity index (χ3n) is 5.22. The normalized spacial score (nSPS) is 23.5. The Labute approximate surface area is 129 Å². The van der Waals surface area contributed by atoms with Gasteiger partial charge in [0.1, 0.15) is 0 Å². The molecule has 1 aliphatic heterocycles. The maximum atomic E-state index is 5.49. The molecule has 22 heavy (non-hydrogen) atoms. The van der Waals surface area contributed by atoms with Crippen molar-refractivity contribution in [1.82, 2.24) is 24.6 Å². The number of imidazole rings is 1. The van der Waals surface area contributed by atoms with Crippen molar-refractivity contribution in [2.24, 2.45) is 0 Å².